The third-order valence-corrected chi connectivity index (χ3v) is 3.26. The summed E-state index contributed by atoms with van der Waals surface area (Å²) in [6, 6.07) is 16.1. The number of halogens is 1. The molecular weight excluding hydrogens is 334 g/mol. The molecule has 0 saturated carbocycles. The average Bonchev–Trinajstić information content (AvgIpc) is 2.48. The van der Waals surface area contributed by atoms with Gasteiger partial charge in [0, 0.05) is 22.6 Å². The van der Waals surface area contributed by atoms with Crippen LogP contribution in [0.15, 0.2) is 59.1 Å². The molecule has 1 N–H and O–H groups in total. The van der Waals surface area contributed by atoms with Gasteiger partial charge in [-0.15, -0.1) is 0 Å². The molecule has 0 fully saturated rings. The summed E-state index contributed by atoms with van der Waals surface area (Å²) in [6.45, 7) is 1.28. The van der Waals surface area contributed by atoms with Crippen LogP contribution in [0, 0.1) is 0 Å². The molecule has 1 amide bonds. The van der Waals surface area contributed by atoms with Gasteiger partial charge in [-0.2, -0.15) is 0 Å². The summed E-state index contributed by atoms with van der Waals surface area (Å²) in [5.41, 5.74) is 1.26. The van der Waals surface area contributed by atoms with Gasteiger partial charge in [0.05, 0.1) is 0 Å². The van der Waals surface area contributed by atoms with E-state index in [-0.39, 0.29) is 0 Å². The summed E-state index contributed by atoms with van der Waals surface area (Å²) in [7, 11) is 0. The number of ether oxygens (including phenoxy) is 1. The first-order valence-electron chi connectivity index (χ1n) is 6.35. The second kappa shape index (κ2) is 7.04. The monoisotopic (exact) mass is 347 g/mol. The fourth-order valence-electron chi connectivity index (χ4n) is 1.81. The van der Waals surface area contributed by atoms with Crippen molar-refractivity contribution in [3.8, 4) is 0 Å². The molecule has 4 nitrogen and oxygen atoms in total. The van der Waals surface area contributed by atoms with E-state index >= 15 is 0 Å². The van der Waals surface area contributed by atoms with E-state index in [1.807, 2.05) is 18.2 Å². The second-order valence-electron chi connectivity index (χ2n) is 4.40. The number of benzene rings is 2. The summed E-state index contributed by atoms with van der Waals surface area (Å²) in [5.74, 6) is -0.895. The largest absolute Gasteiger partial charge is 0.447 e. The molecule has 0 aliphatic carbocycles. The molecular formula is C16H14BrNO3. The fourth-order valence-corrected chi connectivity index (χ4v) is 2.07. The van der Waals surface area contributed by atoms with Crippen molar-refractivity contribution in [1.29, 1.82) is 0 Å². The summed E-state index contributed by atoms with van der Waals surface area (Å²) < 4.78 is 6.05. The molecule has 108 valence electrons. The minimum Gasteiger partial charge on any atom is -0.447 e. The van der Waals surface area contributed by atoms with Crippen LogP contribution in [-0.2, 0) is 14.3 Å². The predicted octanol–water partition coefficient (Wildman–Crippen LogP) is 3.69. The Kier molecular flexibility index (Phi) is 5.11. The van der Waals surface area contributed by atoms with Gasteiger partial charge in [0.15, 0.2) is 0 Å². The lowest BCUT2D eigenvalue weighted by molar-refractivity contribution is -0.152. The number of esters is 1. The van der Waals surface area contributed by atoms with E-state index in [2.05, 4.69) is 21.2 Å². The van der Waals surface area contributed by atoms with E-state index in [9.17, 15) is 9.59 Å². The van der Waals surface area contributed by atoms with Crippen LogP contribution in [0.1, 0.15) is 18.6 Å². The molecule has 0 spiro atoms. The van der Waals surface area contributed by atoms with Gasteiger partial charge in [-0.3, -0.25) is 9.59 Å². The summed E-state index contributed by atoms with van der Waals surface area (Å²) in [4.78, 5) is 23.6. The second-order valence-corrected chi connectivity index (χ2v) is 5.31. The van der Waals surface area contributed by atoms with Crippen molar-refractivity contribution in [1.82, 2.24) is 0 Å². The van der Waals surface area contributed by atoms with Crippen LogP contribution in [0.5, 0.6) is 0 Å². The molecule has 2 aromatic carbocycles. The Morgan fingerprint density at radius 2 is 1.67 bits per heavy atom. The normalized spacial score (nSPS) is 11.5. The smallest absolute Gasteiger partial charge is 0.303 e. The Labute approximate surface area is 131 Å². The number of carbonyl (C=O) groups is 2. The number of hydrogen-bond acceptors (Lipinski definition) is 3. The minimum absolute atomic E-state index is 0.390. The van der Waals surface area contributed by atoms with E-state index in [1.54, 1.807) is 36.4 Å². The lowest BCUT2D eigenvalue weighted by Gasteiger charge is -2.17. The molecule has 0 saturated heterocycles. The zero-order valence-corrected chi connectivity index (χ0v) is 13.0. The number of amides is 1. The quantitative estimate of drug-likeness (QED) is 0.858. The third-order valence-electron chi connectivity index (χ3n) is 2.74. The molecule has 0 aromatic heterocycles. The molecule has 5 heteroatoms. The third kappa shape index (κ3) is 4.43. The Balaban J connectivity index is 2.18. The number of carbonyl (C=O) groups excluding carboxylic acids is 2. The van der Waals surface area contributed by atoms with E-state index in [0.29, 0.717) is 11.3 Å². The fraction of sp³-hybridized carbons (Fsp3) is 0.125. The topological polar surface area (TPSA) is 55.4 Å². The number of nitrogens with one attached hydrogen (secondary N) is 1. The predicted molar refractivity (Wildman–Crippen MR) is 83.7 cm³/mol. The Hall–Kier alpha value is -2.14. The molecule has 0 radical (unpaired) electrons. The number of anilines is 1. The highest BCUT2D eigenvalue weighted by Crippen LogP contribution is 2.21. The summed E-state index contributed by atoms with van der Waals surface area (Å²) >= 11 is 3.33. The SMILES string of the molecule is CC(=O)OC(C(=O)Nc1ccc(Br)cc1)c1ccccc1. The molecule has 2 rings (SSSR count). The summed E-state index contributed by atoms with van der Waals surface area (Å²) in [6.07, 6.45) is -0.965. The highest BCUT2D eigenvalue weighted by atomic mass is 79.9. The van der Waals surface area contributed by atoms with Gasteiger partial charge in [-0.05, 0) is 24.3 Å². The highest BCUT2D eigenvalue weighted by Gasteiger charge is 2.23. The number of rotatable bonds is 4. The van der Waals surface area contributed by atoms with Gasteiger partial charge < -0.3 is 10.1 Å². The van der Waals surface area contributed by atoms with Crippen LogP contribution in [0.3, 0.4) is 0 Å². The summed E-state index contributed by atoms with van der Waals surface area (Å²) in [5, 5.41) is 2.74. The first-order chi connectivity index (χ1) is 10.1. The molecule has 0 aliphatic rings. The Morgan fingerprint density at radius 3 is 2.24 bits per heavy atom. The van der Waals surface area contributed by atoms with Gasteiger partial charge >= 0.3 is 5.97 Å². The first-order valence-corrected chi connectivity index (χ1v) is 7.14. The molecule has 0 aliphatic heterocycles. The van der Waals surface area contributed by atoms with Crippen LogP contribution in [0.2, 0.25) is 0 Å². The van der Waals surface area contributed by atoms with E-state index < -0.39 is 18.0 Å². The first kappa shape index (κ1) is 15.3. The van der Waals surface area contributed by atoms with Crippen molar-refractivity contribution in [2.24, 2.45) is 0 Å². The van der Waals surface area contributed by atoms with Crippen molar-refractivity contribution < 1.29 is 14.3 Å². The lowest BCUT2D eigenvalue weighted by Crippen LogP contribution is -2.25. The van der Waals surface area contributed by atoms with Crippen molar-refractivity contribution in [3.63, 3.8) is 0 Å². The lowest BCUT2D eigenvalue weighted by atomic mass is 10.1. The van der Waals surface area contributed by atoms with Crippen molar-refractivity contribution in [2.45, 2.75) is 13.0 Å². The zero-order chi connectivity index (χ0) is 15.2. The van der Waals surface area contributed by atoms with E-state index in [4.69, 9.17) is 4.74 Å². The Morgan fingerprint density at radius 1 is 1.05 bits per heavy atom. The van der Waals surface area contributed by atoms with Crippen molar-refractivity contribution in [2.75, 3.05) is 5.32 Å². The standard InChI is InChI=1S/C16H14BrNO3/c1-11(19)21-15(12-5-3-2-4-6-12)16(20)18-14-9-7-13(17)8-10-14/h2-10,15H,1H3,(H,18,20). The van der Waals surface area contributed by atoms with E-state index in [1.165, 1.54) is 6.92 Å². The number of hydrogen-bond donors (Lipinski definition) is 1. The van der Waals surface area contributed by atoms with Gasteiger partial charge in [-0.25, -0.2) is 0 Å². The average molecular weight is 348 g/mol. The molecule has 1 unspecified atom stereocenters. The van der Waals surface area contributed by atoms with Gasteiger partial charge in [-0.1, -0.05) is 46.3 Å². The van der Waals surface area contributed by atoms with Gasteiger partial charge in [0.1, 0.15) is 0 Å². The van der Waals surface area contributed by atoms with Crippen molar-refractivity contribution in [3.05, 3.63) is 64.6 Å². The van der Waals surface area contributed by atoms with Gasteiger partial charge in [0.2, 0.25) is 6.10 Å². The van der Waals surface area contributed by atoms with Crippen LogP contribution in [-0.4, -0.2) is 11.9 Å². The molecule has 0 bridgehead atoms. The molecule has 0 heterocycles. The molecule has 2 aromatic rings. The molecule has 1 atom stereocenters. The van der Waals surface area contributed by atoms with E-state index in [0.717, 1.165) is 4.47 Å². The van der Waals surface area contributed by atoms with Crippen LogP contribution in [0.25, 0.3) is 0 Å². The van der Waals surface area contributed by atoms with Crippen molar-refractivity contribution >= 4 is 33.5 Å². The molecule has 21 heavy (non-hydrogen) atoms. The maximum absolute atomic E-state index is 12.3. The highest BCUT2D eigenvalue weighted by molar-refractivity contribution is 9.10. The van der Waals surface area contributed by atoms with Crippen LogP contribution < -0.4 is 5.32 Å². The maximum Gasteiger partial charge on any atom is 0.303 e. The van der Waals surface area contributed by atoms with Crippen LogP contribution >= 0.6 is 15.9 Å². The van der Waals surface area contributed by atoms with Crippen LogP contribution in [0.4, 0.5) is 5.69 Å². The zero-order valence-electron chi connectivity index (χ0n) is 11.4. The Bertz CT molecular complexity index is 626. The maximum atomic E-state index is 12.3. The minimum atomic E-state index is -0.965. The van der Waals surface area contributed by atoms with Gasteiger partial charge in [0.25, 0.3) is 5.91 Å².